The lowest BCUT2D eigenvalue weighted by molar-refractivity contribution is 0.295. The molecule has 3 heteroatoms. The van der Waals surface area contributed by atoms with Crippen molar-refractivity contribution < 1.29 is 0 Å². The third-order valence-electron chi connectivity index (χ3n) is 4.39. The van der Waals surface area contributed by atoms with Gasteiger partial charge in [-0.2, -0.15) is 0 Å². The van der Waals surface area contributed by atoms with Crippen LogP contribution in [0.4, 0.5) is 5.69 Å². The Hall–Kier alpha value is -1.25. The number of anilines is 1. The van der Waals surface area contributed by atoms with Gasteiger partial charge in [0.15, 0.2) is 0 Å². The molecular weight excluding hydrogens is 212 g/mol. The van der Waals surface area contributed by atoms with Crippen molar-refractivity contribution in [1.82, 2.24) is 4.57 Å². The van der Waals surface area contributed by atoms with Crippen LogP contribution in [0, 0.1) is 0 Å². The summed E-state index contributed by atoms with van der Waals surface area (Å²) in [6.07, 6.45) is 8.59. The van der Waals surface area contributed by atoms with Gasteiger partial charge in [0, 0.05) is 11.7 Å². The molecule has 0 saturated heterocycles. The molecule has 92 valence electrons. The van der Waals surface area contributed by atoms with E-state index in [9.17, 15) is 4.79 Å². The highest BCUT2D eigenvalue weighted by molar-refractivity contribution is 5.37. The van der Waals surface area contributed by atoms with Gasteiger partial charge in [0.05, 0.1) is 5.69 Å². The average molecular weight is 232 g/mol. The molecule has 2 aliphatic carbocycles. The Balaban J connectivity index is 2.06. The van der Waals surface area contributed by atoms with Gasteiger partial charge in [-0.15, -0.1) is 0 Å². The van der Waals surface area contributed by atoms with E-state index in [4.69, 9.17) is 5.73 Å². The molecule has 2 N–H and O–H groups in total. The summed E-state index contributed by atoms with van der Waals surface area (Å²) in [7, 11) is 0. The summed E-state index contributed by atoms with van der Waals surface area (Å²) in [5.41, 5.74) is 7.46. The van der Waals surface area contributed by atoms with Crippen LogP contribution in [0.25, 0.3) is 0 Å². The standard InChI is InChI=1S/C14H20N2O/c15-12-8-9-13(10-4-1-2-5-10)16(14(12)17)11-6-3-7-11/h8-11H,1-7,15H2. The number of hydrogen-bond donors (Lipinski definition) is 1. The fourth-order valence-electron chi connectivity index (χ4n) is 3.16. The molecule has 3 rings (SSSR count). The van der Waals surface area contributed by atoms with E-state index >= 15 is 0 Å². The van der Waals surface area contributed by atoms with Crippen LogP contribution in [0.5, 0.6) is 0 Å². The third-order valence-corrected chi connectivity index (χ3v) is 4.39. The van der Waals surface area contributed by atoms with Crippen LogP contribution in [0.2, 0.25) is 0 Å². The van der Waals surface area contributed by atoms with E-state index in [1.54, 1.807) is 6.07 Å². The van der Waals surface area contributed by atoms with Crippen molar-refractivity contribution in [2.75, 3.05) is 5.73 Å². The second-order valence-electron chi connectivity index (χ2n) is 5.45. The number of rotatable bonds is 2. The summed E-state index contributed by atoms with van der Waals surface area (Å²) >= 11 is 0. The van der Waals surface area contributed by atoms with Crippen molar-refractivity contribution in [2.45, 2.75) is 56.9 Å². The Morgan fingerprint density at radius 2 is 1.76 bits per heavy atom. The maximum atomic E-state index is 12.2. The molecule has 1 aromatic rings. The van der Waals surface area contributed by atoms with Gasteiger partial charge in [-0.05, 0) is 50.2 Å². The molecule has 2 aliphatic rings. The molecule has 0 atom stereocenters. The Morgan fingerprint density at radius 1 is 1.06 bits per heavy atom. The van der Waals surface area contributed by atoms with Gasteiger partial charge in [0.25, 0.3) is 5.56 Å². The average Bonchev–Trinajstić information content (AvgIpc) is 2.76. The van der Waals surface area contributed by atoms with E-state index in [0.717, 1.165) is 12.8 Å². The van der Waals surface area contributed by atoms with Gasteiger partial charge in [0.2, 0.25) is 0 Å². The van der Waals surface area contributed by atoms with Crippen LogP contribution < -0.4 is 11.3 Å². The smallest absolute Gasteiger partial charge is 0.274 e. The number of hydrogen-bond acceptors (Lipinski definition) is 2. The van der Waals surface area contributed by atoms with E-state index in [1.807, 2.05) is 4.57 Å². The Morgan fingerprint density at radius 3 is 2.35 bits per heavy atom. The SMILES string of the molecule is Nc1ccc(C2CCCC2)n(C2CCC2)c1=O. The van der Waals surface area contributed by atoms with Gasteiger partial charge in [-0.25, -0.2) is 0 Å². The van der Waals surface area contributed by atoms with Crippen LogP contribution in [-0.4, -0.2) is 4.57 Å². The first kappa shape index (κ1) is 10.9. The van der Waals surface area contributed by atoms with Crippen molar-refractivity contribution in [2.24, 2.45) is 0 Å². The van der Waals surface area contributed by atoms with Crippen LogP contribution >= 0.6 is 0 Å². The predicted molar refractivity (Wildman–Crippen MR) is 69.2 cm³/mol. The second kappa shape index (κ2) is 4.21. The molecule has 2 saturated carbocycles. The maximum absolute atomic E-state index is 12.2. The molecule has 0 amide bonds. The molecule has 0 aromatic carbocycles. The van der Waals surface area contributed by atoms with E-state index in [0.29, 0.717) is 17.6 Å². The molecule has 0 aliphatic heterocycles. The van der Waals surface area contributed by atoms with E-state index in [1.165, 1.54) is 37.8 Å². The van der Waals surface area contributed by atoms with Crippen LogP contribution in [-0.2, 0) is 0 Å². The highest BCUT2D eigenvalue weighted by atomic mass is 16.1. The second-order valence-corrected chi connectivity index (χ2v) is 5.45. The Bertz CT molecular complexity index is 468. The minimum atomic E-state index is 0.0408. The summed E-state index contributed by atoms with van der Waals surface area (Å²) in [6, 6.07) is 4.30. The fourth-order valence-corrected chi connectivity index (χ4v) is 3.16. The third kappa shape index (κ3) is 1.78. The molecule has 0 unspecified atom stereocenters. The summed E-state index contributed by atoms with van der Waals surface area (Å²) < 4.78 is 2.01. The van der Waals surface area contributed by atoms with Crippen molar-refractivity contribution in [3.8, 4) is 0 Å². The number of nitrogen functional groups attached to an aromatic ring is 1. The lowest BCUT2D eigenvalue weighted by atomic mass is 9.91. The predicted octanol–water partition coefficient (Wildman–Crippen LogP) is 2.81. The van der Waals surface area contributed by atoms with Crippen molar-refractivity contribution in [3.05, 3.63) is 28.2 Å². The number of aromatic nitrogens is 1. The van der Waals surface area contributed by atoms with Crippen molar-refractivity contribution in [3.63, 3.8) is 0 Å². The zero-order chi connectivity index (χ0) is 11.8. The van der Waals surface area contributed by atoms with Gasteiger partial charge in [0.1, 0.15) is 0 Å². The monoisotopic (exact) mass is 232 g/mol. The van der Waals surface area contributed by atoms with Crippen molar-refractivity contribution >= 4 is 5.69 Å². The van der Waals surface area contributed by atoms with Gasteiger partial charge in [-0.3, -0.25) is 4.79 Å². The molecule has 3 nitrogen and oxygen atoms in total. The maximum Gasteiger partial charge on any atom is 0.274 e. The zero-order valence-corrected chi connectivity index (χ0v) is 10.2. The largest absolute Gasteiger partial charge is 0.394 e. The molecule has 0 spiro atoms. The fraction of sp³-hybridized carbons (Fsp3) is 0.643. The lowest BCUT2D eigenvalue weighted by Gasteiger charge is -2.31. The summed E-state index contributed by atoms with van der Waals surface area (Å²) in [5.74, 6) is 0.587. The molecule has 1 heterocycles. The van der Waals surface area contributed by atoms with Crippen LogP contribution in [0.3, 0.4) is 0 Å². The van der Waals surface area contributed by atoms with Crippen molar-refractivity contribution in [1.29, 1.82) is 0 Å². The number of nitrogens with two attached hydrogens (primary N) is 1. The molecule has 2 fully saturated rings. The summed E-state index contributed by atoms with van der Waals surface area (Å²) in [5, 5.41) is 0. The molecule has 1 aromatic heterocycles. The molecular formula is C14H20N2O. The lowest BCUT2D eigenvalue weighted by Crippen LogP contribution is -2.33. The number of nitrogens with zero attached hydrogens (tertiary/aromatic N) is 1. The van der Waals surface area contributed by atoms with Gasteiger partial charge < -0.3 is 10.3 Å². The first-order valence-electron chi connectivity index (χ1n) is 6.78. The van der Waals surface area contributed by atoms with Gasteiger partial charge in [-0.1, -0.05) is 12.8 Å². The van der Waals surface area contributed by atoms with E-state index in [-0.39, 0.29) is 5.56 Å². The Kier molecular flexibility index (Phi) is 2.69. The minimum Gasteiger partial charge on any atom is -0.394 e. The Labute approximate surface area is 102 Å². The van der Waals surface area contributed by atoms with Gasteiger partial charge >= 0.3 is 0 Å². The zero-order valence-electron chi connectivity index (χ0n) is 10.2. The summed E-state index contributed by atoms with van der Waals surface area (Å²) in [4.78, 5) is 12.2. The van der Waals surface area contributed by atoms with Crippen LogP contribution in [0.15, 0.2) is 16.9 Å². The topological polar surface area (TPSA) is 48.0 Å². The normalized spacial score (nSPS) is 21.6. The first-order valence-corrected chi connectivity index (χ1v) is 6.78. The molecule has 0 radical (unpaired) electrons. The number of pyridine rings is 1. The molecule has 17 heavy (non-hydrogen) atoms. The highest BCUT2D eigenvalue weighted by Crippen LogP contribution is 2.38. The van der Waals surface area contributed by atoms with Crippen LogP contribution in [0.1, 0.15) is 62.6 Å². The summed E-state index contributed by atoms with van der Waals surface area (Å²) in [6.45, 7) is 0. The highest BCUT2D eigenvalue weighted by Gasteiger charge is 2.27. The quantitative estimate of drug-likeness (QED) is 0.852. The minimum absolute atomic E-state index is 0.0408. The molecule has 0 bridgehead atoms. The first-order chi connectivity index (χ1) is 8.27. The van der Waals surface area contributed by atoms with E-state index in [2.05, 4.69) is 6.07 Å². The van der Waals surface area contributed by atoms with E-state index < -0.39 is 0 Å².